The highest BCUT2D eigenvalue weighted by Crippen LogP contribution is 2.25. The minimum absolute atomic E-state index is 0.523. The van der Waals surface area contributed by atoms with Crippen molar-refractivity contribution in [2.45, 2.75) is 13.3 Å². The van der Waals surface area contributed by atoms with Crippen LogP contribution in [0, 0.1) is 5.21 Å². The molecule has 82 valence electrons. The predicted molar refractivity (Wildman–Crippen MR) is 56.6 cm³/mol. The summed E-state index contributed by atoms with van der Waals surface area (Å²) in [6.07, 6.45) is 0.663. The standard InChI is InChI=1S/C10H10N4O2/c1-3-8-9-7(14(15)16-8)5-4-6-10(9)13(2)12-11-6/h4-5H,3H2,1-2H3. The van der Waals surface area contributed by atoms with Gasteiger partial charge in [0.05, 0.1) is 16.0 Å². The predicted octanol–water partition coefficient (Wildman–Crippen LogP) is 0.910. The van der Waals surface area contributed by atoms with E-state index in [0.717, 1.165) is 16.4 Å². The quantitative estimate of drug-likeness (QED) is 0.569. The number of fused-ring (bicyclic) bond motifs is 3. The Morgan fingerprint density at radius 3 is 3.06 bits per heavy atom. The zero-order valence-electron chi connectivity index (χ0n) is 8.97. The Bertz CT molecular complexity index is 683. The topological polar surface area (TPSA) is 70.8 Å². The summed E-state index contributed by atoms with van der Waals surface area (Å²) in [7, 11) is 1.80. The third-order valence-electron chi connectivity index (χ3n) is 2.73. The molecular formula is C10H10N4O2. The van der Waals surface area contributed by atoms with Crippen LogP contribution in [-0.4, -0.2) is 15.0 Å². The molecule has 0 fully saturated rings. The van der Waals surface area contributed by atoms with Crippen LogP contribution in [0.5, 0.6) is 0 Å². The lowest BCUT2D eigenvalue weighted by molar-refractivity contribution is -0.772. The number of hydrogen-bond donors (Lipinski definition) is 0. The number of benzene rings is 1. The first-order valence-electron chi connectivity index (χ1n) is 5.06. The van der Waals surface area contributed by atoms with Crippen LogP contribution in [0.3, 0.4) is 0 Å². The van der Waals surface area contributed by atoms with Crippen LogP contribution in [0.25, 0.3) is 21.9 Å². The Morgan fingerprint density at radius 2 is 2.31 bits per heavy atom. The van der Waals surface area contributed by atoms with Gasteiger partial charge in [0.15, 0.2) is 0 Å². The van der Waals surface area contributed by atoms with Gasteiger partial charge in [0, 0.05) is 13.1 Å². The first-order chi connectivity index (χ1) is 7.72. The van der Waals surface area contributed by atoms with Gasteiger partial charge in [0.25, 0.3) is 5.52 Å². The molecule has 0 unspecified atom stereocenters. The minimum Gasteiger partial charge on any atom is -0.370 e. The van der Waals surface area contributed by atoms with Gasteiger partial charge >= 0.3 is 0 Å². The fraction of sp³-hybridized carbons (Fsp3) is 0.300. The van der Waals surface area contributed by atoms with Gasteiger partial charge < -0.3 is 4.52 Å². The molecule has 0 saturated carbocycles. The maximum absolute atomic E-state index is 11.5. The van der Waals surface area contributed by atoms with Crippen molar-refractivity contribution in [2.24, 2.45) is 7.05 Å². The average molecular weight is 218 g/mol. The van der Waals surface area contributed by atoms with Gasteiger partial charge in [-0.15, -0.1) is 5.10 Å². The third-order valence-corrected chi connectivity index (χ3v) is 2.73. The Balaban J connectivity index is 2.61. The fourth-order valence-corrected chi connectivity index (χ4v) is 2.00. The highest BCUT2D eigenvalue weighted by molar-refractivity contribution is 6.02. The number of rotatable bonds is 1. The first-order valence-corrected chi connectivity index (χ1v) is 5.06. The molecule has 0 aliphatic heterocycles. The molecule has 0 spiro atoms. The summed E-state index contributed by atoms with van der Waals surface area (Å²) >= 11 is 0. The summed E-state index contributed by atoms with van der Waals surface area (Å²) in [4.78, 5) is 0.542. The largest absolute Gasteiger partial charge is 0.370 e. The number of nitrogens with zero attached hydrogens (tertiary/aromatic N) is 4. The SMILES string of the molecule is CCc1o[n+]([O-])c2ccc3nnn(C)c3c12. The zero-order valence-corrected chi connectivity index (χ0v) is 8.97. The van der Waals surface area contributed by atoms with Crippen LogP contribution in [0.1, 0.15) is 12.7 Å². The van der Waals surface area contributed by atoms with E-state index in [9.17, 15) is 5.21 Å². The smallest absolute Gasteiger partial charge is 0.279 e. The first kappa shape index (κ1) is 9.14. The third kappa shape index (κ3) is 0.982. The molecule has 2 heterocycles. The number of aromatic nitrogens is 4. The average Bonchev–Trinajstić information content (AvgIpc) is 2.81. The number of aryl methyl sites for hydroxylation is 2. The van der Waals surface area contributed by atoms with Crippen molar-refractivity contribution in [2.75, 3.05) is 0 Å². The Labute approximate surface area is 90.6 Å². The monoisotopic (exact) mass is 218 g/mol. The molecule has 0 aliphatic carbocycles. The molecule has 1 aromatic carbocycles. The van der Waals surface area contributed by atoms with Crippen molar-refractivity contribution in [3.63, 3.8) is 0 Å². The lowest BCUT2D eigenvalue weighted by atomic mass is 10.1. The van der Waals surface area contributed by atoms with Gasteiger partial charge in [-0.1, -0.05) is 12.1 Å². The van der Waals surface area contributed by atoms with Gasteiger partial charge in [-0.2, -0.15) is 0 Å². The van der Waals surface area contributed by atoms with Crippen molar-refractivity contribution >= 4 is 21.9 Å². The second-order valence-electron chi connectivity index (χ2n) is 3.67. The maximum atomic E-state index is 11.5. The van der Waals surface area contributed by atoms with Crippen LogP contribution in [0.2, 0.25) is 0 Å². The summed E-state index contributed by atoms with van der Waals surface area (Å²) in [6.45, 7) is 1.95. The molecule has 3 aromatic rings. The van der Waals surface area contributed by atoms with E-state index in [-0.39, 0.29) is 0 Å². The van der Waals surface area contributed by atoms with Crippen LogP contribution in [0.4, 0.5) is 0 Å². The van der Waals surface area contributed by atoms with E-state index in [4.69, 9.17) is 4.52 Å². The van der Waals surface area contributed by atoms with Crippen LogP contribution in [-0.2, 0) is 13.5 Å². The van der Waals surface area contributed by atoms with Crippen molar-refractivity contribution in [3.8, 4) is 0 Å². The van der Waals surface area contributed by atoms with E-state index in [1.54, 1.807) is 23.9 Å². The highest BCUT2D eigenvalue weighted by Gasteiger charge is 2.18. The summed E-state index contributed by atoms with van der Waals surface area (Å²) in [6, 6.07) is 3.48. The highest BCUT2D eigenvalue weighted by atomic mass is 16.7. The summed E-state index contributed by atoms with van der Waals surface area (Å²) < 4.78 is 6.80. The molecule has 2 aromatic heterocycles. The maximum Gasteiger partial charge on any atom is 0.279 e. The normalized spacial score (nSPS) is 11.6. The van der Waals surface area contributed by atoms with Crippen molar-refractivity contribution in [1.82, 2.24) is 15.0 Å². The van der Waals surface area contributed by atoms with Crippen LogP contribution in [0.15, 0.2) is 16.7 Å². The van der Waals surface area contributed by atoms with Crippen molar-refractivity contribution < 1.29 is 9.43 Å². The molecule has 0 bridgehead atoms. The summed E-state index contributed by atoms with van der Waals surface area (Å²) in [5.74, 6) is 0.668. The van der Waals surface area contributed by atoms with Gasteiger partial charge in [0.1, 0.15) is 11.0 Å². The molecule has 6 nitrogen and oxygen atoms in total. The van der Waals surface area contributed by atoms with E-state index < -0.39 is 0 Å². The lowest BCUT2D eigenvalue weighted by Crippen LogP contribution is -2.22. The van der Waals surface area contributed by atoms with Gasteiger partial charge in [0.2, 0.25) is 0 Å². The number of hydrogen-bond acceptors (Lipinski definition) is 4. The zero-order chi connectivity index (χ0) is 11.3. The molecule has 0 saturated heterocycles. The molecule has 0 aliphatic rings. The Morgan fingerprint density at radius 1 is 1.50 bits per heavy atom. The second kappa shape index (κ2) is 2.94. The molecule has 0 atom stereocenters. The second-order valence-corrected chi connectivity index (χ2v) is 3.67. The lowest BCUT2D eigenvalue weighted by Gasteiger charge is -1.94. The molecule has 16 heavy (non-hydrogen) atoms. The van der Waals surface area contributed by atoms with E-state index >= 15 is 0 Å². The Hall–Kier alpha value is -2.11. The minimum atomic E-state index is 0.523. The van der Waals surface area contributed by atoms with Gasteiger partial charge in [-0.3, -0.25) is 5.21 Å². The van der Waals surface area contributed by atoms with E-state index in [1.165, 1.54) is 0 Å². The van der Waals surface area contributed by atoms with E-state index in [2.05, 4.69) is 10.3 Å². The molecule has 6 heteroatoms. The summed E-state index contributed by atoms with van der Waals surface area (Å²) in [5.41, 5.74) is 2.13. The molecule has 0 amide bonds. The van der Waals surface area contributed by atoms with Crippen LogP contribution >= 0.6 is 0 Å². The van der Waals surface area contributed by atoms with E-state index in [1.807, 2.05) is 6.92 Å². The molecular weight excluding hydrogens is 208 g/mol. The molecule has 0 N–H and O–H groups in total. The van der Waals surface area contributed by atoms with Crippen LogP contribution < -0.4 is 4.90 Å². The van der Waals surface area contributed by atoms with Gasteiger partial charge in [-0.25, -0.2) is 4.68 Å². The molecule has 0 radical (unpaired) electrons. The van der Waals surface area contributed by atoms with Crippen molar-refractivity contribution in [3.05, 3.63) is 23.1 Å². The Kier molecular flexibility index (Phi) is 1.68. The summed E-state index contributed by atoms with van der Waals surface area (Å²) in [5, 5.41) is 20.3. The van der Waals surface area contributed by atoms with Crippen molar-refractivity contribution in [1.29, 1.82) is 0 Å². The fourth-order valence-electron chi connectivity index (χ4n) is 2.00. The molecule has 3 rings (SSSR count). The van der Waals surface area contributed by atoms with Gasteiger partial charge in [-0.05, 0) is 12.5 Å². The van der Waals surface area contributed by atoms with E-state index in [0.29, 0.717) is 22.6 Å².